The topological polar surface area (TPSA) is 36.7 Å². The molecule has 0 N–H and O–H groups in total. The van der Waals surface area contributed by atoms with E-state index in [2.05, 4.69) is 27.6 Å². The highest BCUT2D eigenvalue weighted by Gasteiger charge is 2.07. The number of halogens is 3. The van der Waals surface area contributed by atoms with E-state index in [9.17, 15) is 0 Å². The van der Waals surface area contributed by atoms with Gasteiger partial charge in [0.2, 0.25) is 0 Å². The normalized spacial score (nSPS) is 9.50. The molecule has 0 amide bonds. The van der Waals surface area contributed by atoms with Crippen LogP contribution in [0.4, 0.5) is 0 Å². The summed E-state index contributed by atoms with van der Waals surface area (Å²) in [5, 5.41) is 9.33. The van der Waals surface area contributed by atoms with Crippen molar-refractivity contribution in [3.8, 4) is 6.07 Å². The molecule has 0 aliphatic heterocycles. The van der Waals surface area contributed by atoms with Crippen molar-refractivity contribution in [2.45, 2.75) is 4.43 Å². The summed E-state index contributed by atoms with van der Waals surface area (Å²) in [5.74, 6) is 0. The SMILES string of the molecule is N#Cc1cc(Cl)c(CI)c(Cl)n1. The Morgan fingerprint density at radius 2 is 2.25 bits per heavy atom. The zero-order valence-electron chi connectivity index (χ0n) is 5.81. The largest absolute Gasteiger partial charge is 0.225 e. The Bertz CT molecular complexity index is 323. The van der Waals surface area contributed by atoms with Gasteiger partial charge in [0.15, 0.2) is 0 Å². The van der Waals surface area contributed by atoms with Gasteiger partial charge in [-0.1, -0.05) is 45.8 Å². The van der Waals surface area contributed by atoms with E-state index in [1.54, 1.807) is 0 Å². The highest BCUT2D eigenvalue weighted by Crippen LogP contribution is 2.25. The minimum atomic E-state index is 0.249. The number of nitrogens with zero attached hydrogens (tertiary/aromatic N) is 2. The smallest absolute Gasteiger partial charge is 0.143 e. The number of alkyl halides is 1. The molecule has 0 aromatic carbocycles. The number of pyridine rings is 1. The number of aromatic nitrogens is 1. The summed E-state index contributed by atoms with van der Waals surface area (Å²) in [6.45, 7) is 0. The summed E-state index contributed by atoms with van der Waals surface area (Å²) in [4.78, 5) is 3.84. The second kappa shape index (κ2) is 4.26. The lowest BCUT2D eigenvalue weighted by Crippen LogP contribution is -1.90. The van der Waals surface area contributed by atoms with Crippen LogP contribution in [0.2, 0.25) is 10.2 Å². The van der Waals surface area contributed by atoms with Crippen LogP contribution in [-0.4, -0.2) is 4.98 Å². The molecule has 0 bridgehead atoms. The minimum Gasteiger partial charge on any atom is -0.225 e. The molecule has 2 nitrogen and oxygen atoms in total. The zero-order valence-corrected chi connectivity index (χ0v) is 9.48. The average molecular weight is 313 g/mol. The third-order valence-corrected chi connectivity index (χ3v) is 2.68. The molecule has 0 saturated carbocycles. The van der Waals surface area contributed by atoms with Crippen LogP contribution in [0.5, 0.6) is 0 Å². The molecule has 0 saturated heterocycles. The number of hydrogen-bond donors (Lipinski definition) is 0. The lowest BCUT2D eigenvalue weighted by molar-refractivity contribution is 1.22. The summed E-state index contributed by atoms with van der Waals surface area (Å²) in [5.41, 5.74) is 1.02. The molecule has 0 radical (unpaired) electrons. The lowest BCUT2D eigenvalue weighted by Gasteiger charge is -2.01. The van der Waals surface area contributed by atoms with E-state index < -0.39 is 0 Å². The molecule has 62 valence electrons. The van der Waals surface area contributed by atoms with Crippen LogP contribution in [0.15, 0.2) is 6.07 Å². The summed E-state index contributed by atoms with van der Waals surface area (Å²) in [6.07, 6.45) is 0. The van der Waals surface area contributed by atoms with Crippen molar-refractivity contribution in [1.82, 2.24) is 4.98 Å². The first kappa shape index (κ1) is 10.0. The van der Waals surface area contributed by atoms with Crippen LogP contribution >= 0.6 is 45.8 Å². The first-order valence-electron chi connectivity index (χ1n) is 3.00. The molecule has 0 fully saturated rings. The Hall–Kier alpha value is -0.0500. The first-order chi connectivity index (χ1) is 5.69. The third kappa shape index (κ3) is 2.00. The van der Waals surface area contributed by atoms with Crippen molar-refractivity contribution < 1.29 is 0 Å². The quantitative estimate of drug-likeness (QED) is 0.453. The number of rotatable bonds is 1. The average Bonchev–Trinajstić information content (AvgIpc) is 2.03. The molecule has 1 heterocycles. The van der Waals surface area contributed by atoms with Crippen LogP contribution in [0.1, 0.15) is 11.3 Å². The number of hydrogen-bond acceptors (Lipinski definition) is 2. The Balaban J connectivity index is 3.30. The predicted octanol–water partition coefficient (Wildman–Crippen LogP) is 3.20. The van der Waals surface area contributed by atoms with Gasteiger partial charge in [0.25, 0.3) is 0 Å². The van der Waals surface area contributed by atoms with Gasteiger partial charge >= 0.3 is 0 Å². The highest BCUT2D eigenvalue weighted by atomic mass is 127. The Kier molecular flexibility index (Phi) is 3.56. The van der Waals surface area contributed by atoms with Gasteiger partial charge in [-0.3, -0.25) is 0 Å². The van der Waals surface area contributed by atoms with E-state index in [0.29, 0.717) is 14.6 Å². The Labute approximate surface area is 93.6 Å². The van der Waals surface area contributed by atoms with Gasteiger partial charge in [-0.05, 0) is 6.07 Å². The summed E-state index contributed by atoms with van der Waals surface area (Å²) >= 11 is 13.7. The summed E-state index contributed by atoms with van der Waals surface area (Å²) in [6, 6.07) is 3.39. The van der Waals surface area contributed by atoms with Gasteiger partial charge in [-0.25, -0.2) is 4.98 Å². The molecule has 1 aromatic rings. The molecule has 0 aliphatic carbocycles. The Morgan fingerprint density at radius 3 is 2.67 bits per heavy atom. The fourth-order valence-corrected chi connectivity index (χ4v) is 2.48. The van der Waals surface area contributed by atoms with Gasteiger partial charge in [0, 0.05) is 9.99 Å². The van der Waals surface area contributed by atoms with E-state index in [1.165, 1.54) is 6.07 Å². The molecule has 5 heteroatoms. The minimum absolute atomic E-state index is 0.249. The first-order valence-corrected chi connectivity index (χ1v) is 5.28. The van der Waals surface area contributed by atoms with E-state index in [4.69, 9.17) is 28.5 Å². The van der Waals surface area contributed by atoms with Crippen molar-refractivity contribution in [2.75, 3.05) is 0 Å². The molecule has 0 unspecified atom stereocenters. The molecule has 1 rings (SSSR count). The maximum Gasteiger partial charge on any atom is 0.143 e. The second-order valence-corrected chi connectivity index (χ2v) is 3.53. The van der Waals surface area contributed by atoms with E-state index >= 15 is 0 Å². The molecular weight excluding hydrogens is 310 g/mol. The summed E-state index contributed by atoms with van der Waals surface area (Å²) < 4.78 is 0.689. The van der Waals surface area contributed by atoms with Crippen molar-refractivity contribution in [2.24, 2.45) is 0 Å². The fraction of sp³-hybridized carbons (Fsp3) is 0.143. The van der Waals surface area contributed by atoms with E-state index in [-0.39, 0.29) is 5.69 Å². The van der Waals surface area contributed by atoms with E-state index in [0.717, 1.165) is 5.56 Å². The van der Waals surface area contributed by atoms with Crippen LogP contribution < -0.4 is 0 Å². The summed E-state index contributed by atoms with van der Waals surface area (Å²) in [7, 11) is 0. The Morgan fingerprint density at radius 1 is 1.58 bits per heavy atom. The molecule has 12 heavy (non-hydrogen) atoms. The van der Waals surface area contributed by atoms with Gasteiger partial charge in [0.05, 0.1) is 5.02 Å². The van der Waals surface area contributed by atoms with Crippen LogP contribution in [0.25, 0.3) is 0 Å². The van der Waals surface area contributed by atoms with Crippen molar-refractivity contribution in [1.29, 1.82) is 5.26 Å². The van der Waals surface area contributed by atoms with Crippen molar-refractivity contribution in [3.63, 3.8) is 0 Å². The van der Waals surface area contributed by atoms with Crippen molar-refractivity contribution in [3.05, 3.63) is 27.5 Å². The molecular formula is C7H3Cl2IN2. The molecule has 1 aromatic heterocycles. The molecule has 0 atom stereocenters. The number of nitriles is 1. The van der Waals surface area contributed by atoms with Gasteiger partial charge in [0.1, 0.15) is 16.9 Å². The van der Waals surface area contributed by atoms with E-state index in [1.807, 2.05) is 6.07 Å². The van der Waals surface area contributed by atoms with Gasteiger partial charge in [-0.2, -0.15) is 5.26 Å². The maximum atomic E-state index is 8.52. The standard InChI is InChI=1S/C7H3Cl2IN2/c8-6-1-4(3-11)12-7(9)5(6)2-10/h1H,2H2. The highest BCUT2D eigenvalue weighted by molar-refractivity contribution is 14.1. The van der Waals surface area contributed by atoms with Crippen molar-refractivity contribution >= 4 is 45.8 Å². The van der Waals surface area contributed by atoms with Gasteiger partial charge in [-0.15, -0.1) is 0 Å². The third-order valence-electron chi connectivity index (χ3n) is 1.27. The lowest BCUT2D eigenvalue weighted by atomic mass is 10.3. The monoisotopic (exact) mass is 312 g/mol. The van der Waals surface area contributed by atoms with Crippen LogP contribution in [0.3, 0.4) is 0 Å². The second-order valence-electron chi connectivity index (χ2n) is 2.00. The van der Waals surface area contributed by atoms with Crippen LogP contribution in [0, 0.1) is 11.3 Å². The molecule has 0 spiro atoms. The maximum absolute atomic E-state index is 8.52. The van der Waals surface area contributed by atoms with Crippen LogP contribution in [-0.2, 0) is 4.43 Å². The van der Waals surface area contributed by atoms with Gasteiger partial charge < -0.3 is 0 Å². The predicted molar refractivity (Wildman–Crippen MR) is 56.7 cm³/mol. The fourth-order valence-electron chi connectivity index (χ4n) is 0.687. The zero-order chi connectivity index (χ0) is 9.14. The molecule has 0 aliphatic rings.